The van der Waals surface area contributed by atoms with Crippen molar-refractivity contribution in [3.63, 3.8) is 0 Å². The Kier molecular flexibility index (Phi) is 5.34. The Labute approximate surface area is 115 Å². The number of rotatable bonds is 2. The van der Waals surface area contributed by atoms with Gasteiger partial charge in [0.25, 0.3) is 0 Å². The molecule has 0 spiro atoms. The molecule has 0 bridgehead atoms. The van der Waals surface area contributed by atoms with Gasteiger partial charge in [-0.25, -0.2) is 4.98 Å². The van der Waals surface area contributed by atoms with Crippen molar-refractivity contribution in [2.45, 2.75) is 34.3 Å². The Hall–Kier alpha value is -1.36. The molecule has 0 fully saturated rings. The normalized spacial score (nSPS) is 9.83. The zero-order chi connectivity index (χ0) is 13.7. The van der Waals surface area contributed by atoms with Crippen molar-refractivity contribution < 1.29 is 9.53 Å². The number of hydrogen-bond acceptors (Lipinski definition) is 3. The Balaban J connectivity index is 0.000000771. The quantitative estimate of drug-likeness (QED) is 0.797. The third-order valence-electron chi connectivity index (χ3n) is 2.18. The highest BCUT2D eigenvalue weighted by Gasteiger charge is 2.06. The number of carbonyl (C=O) groups excluding carboxylic acids is 1. The first-order valence-corrected chi connectivity index (χ1v) is 6.62. The van der Waals surface area contributed by atoms with Gasteiger partial charge < -0.3 is 9.14 Å². The molecule has 0 aliphatic heterocycles. The highest BCUT2D eigenvalue weighted by Crippen LogP contribution is 2.17. The highest BCUT2D eigenvalue weighted by atomic mass is 79.9. The van der Waals surface area contributed by atoms with Crippen molar-refractivity contribution in [2.75, 3.05) is 0 Å². The SMILES string of the molecule is CC.CC(=O)OCc1cn2cc(Br)cc(C)c2n1. The third-order valence-corrected chi connectivity index (χ3v) is 2.61. The molecule has 5 heteroatoms. The standard InChI is InChI=1S/C11H11BrN2O2.C2H6/c1-7-3-9(12)4-14-5-10(13-11(7)14)6-16-8(2)15;1-2/h3-5H,6H2,1-2H3;1-2H3. The van der Waals surface area contributed by atoms with E-state index >= 15 is 0 Å². The van der Waals surface area contributed by atoms with Crippen LogP contribution in [0.1, 0.15) is 32.0 Å². The summed E-state index contributed by atoms with van der Waals surface area (Å²) in [6, 6.07) is 2.00. The van der Waals surface area contributed by atoms with Crippen molar-refractivity contribution in [1.29, 1.82) is 0 Å². The molecule has 0 N–H and O–H groups in total. The Bertz CT molecular complexity index is 549. The molecule has 18 heavy (non-hydrogen) atoms. The van der Waals surface area contributed by atoms with Crippen molar-refractivity contribution in [2.24, 2.45) is 0 Å². The van der Waals surface area contributed by atoms with Crippen LogP contribution in [-0.2, 0) is 16.1 Å². The van der Waals surface area contributed by atoms with Gasteiger partial charge in [-0.3, -0.25) is 4.79 Å². The number of fused-ring (bicyclic) bond motifs is 1. The molecule has 0 aromatic carbocycles. The molecule has 0 aliphatic rings. The van der Waals surface area contributed by atoms with Crippen LogP contribution in [0.2, 0.25) is 0 Å². The van der Waals surface area contributed by atoms with Gasteiger partial charge in [0.2, 0.25) is 0 Å². The second kappa shape index (κ2) is 6.54. The number of imidazole rings is 1. The van der Waals surface area contributed by atoms with Crippen molar-refractivity contribution in [3.05, 3.63) is 34.2 Å². The predicted octanol–water partition coefficient (Wildman–Crippen LogP) is 3.49. The largest absolute Gasteiger partial charge is 0.459 e. The van der Waals surface area contributed by atoms with Crippen molar-refractivity contribution in [1.82, 2.24) is 9.38 Å². The van der Waals surface area contributed by atoms with E-state index in [-0.39, 0.29) is 12.6 Å². The van der Waals surface area contributed by atoms with Crippen LogP contribution in [0.5, 0.6) is 0 Å². The second-order valence-electron chi connectivity index (χ2n) is 3.58. The number of ether oxygens (including phenoxy) is 1. The smallest absolute Gasteiger partial charge is 0.303 e. The molecule has 0 atom stereocenters. The summed E-state index contributed by atoms with van der Waals surface area (Å²) in [4.78, 5) is 15.1. The lowest BCUT2D eigenvalue weighted by molar-refractivity contribution is -0.142. The maximum absolute atomic E-state index is 10.7. The first-order chi connectivity index (χ1) is 8.56. The average molecular weight is 313 g/mol. The number of hydrogen-bond donors (Lipinski definition) is 0. The lowest BCUT2D eigenvalue weighted by Crippen LogP contribution is -1.98. The van der Waals surface area contributed by atoms with Gasteiger partial charge in [-0.15, -0.1) is 0 Å². The molecule has 0 radical (unpaired) electrons. The zero-order valence-corrected chi connectivity index (χ0v) is 12.6. The molecule has 2 heterocycles. The van der Waals surface area contributed by atoms with Crippen LogP contribution in [0.15, 0.2) is 22.9 Å². The van der Waals surface area contributed by atoms with Gasteiger partial charge in [-0.1, -0.05) is 13.8 Å². The number of nitrogens with zero attached hydrogens (tertiary/aromatic N) is 2. The summed E-state index contributed by atoms with van der Waals surface area (Å²) < 4.78 is 7.81. The predicted molar refractivity (Wildman–Crippen MR) is 74.4 cm³/mol. The van der Waals surface area contributed by atoms with E-state index in [4.69, 9.17) is 4.74 Å². The van der Waals surface area contributed by atoms with Crippen molar-refractivity contribution in [3.8, 4) is 0 Å². The number of carbonyl (C=O) groups is 1. The van der Waals surface area contributed by atoms with Crippen LogP contribution in [-0.4, -0.2) is 15.4 Å². The minimum atomic E-state index is -0.296. The highest BCUT2D eigenvalue weighted by molar-refractivity contribution is 9.10. The second-order valence-corrected chi connectivity index (χ2v) is 4.50. The van der Waals surface area contributed by atoms with E-state index in [1.807, 2.05) is 43.6 Å². The molecule has 0 saturated heterocycles. The van der Waals surface area contributed by atoms with Crippen LogP contribution < -0.4 is 0 Å². The van der Waals surface area contributed by atoms with Gasteiger partial charge >= 0.3 is 5.97 Å². The third kappa shape index (κ3) is 3.57. The minimum Gasteiger partial charge on any atom is -0.459 e. The number of aromatic nitrogens is 2. The number of pyridine rings is 1. The molecule has 0 saturated carbocycles. The van der Waals surface area contributed by atoms with Crippen LogP contribution in [0, 0.1) is 6.92 Å². The fourth-order valence-electron chi connectivity index (χ4n) is 1.52. The first-order valence-electron chi connectivity index (χ1n) is 5.83. The Morgan fingerprint density at radius 2 is 2.11 bits per heavy atom. The topological polar surface area (TPSA) is 43.6 Å². The zero-order valence-electron chi connectivity index (χ0n) is 11.0. The van der Waals surface area contributed by atoms with E-state index in [9.17, 15) is 4.79 Å². The van der Waals surface area contributed by atoms with Gasteiger partial charge in [-0.05, 0) is 34.5 Å². The summed E-state index contributed by atoms with van der Waals surface area (Å²) in [7, 11) is 0. The van der Waals surface area contributed by atoms with Crippen LogP contribution in [0.25, 0.3) is 5.65 Å². The number of esters is 1. The summed E-state index contributed by atoms with van der Waals surface area (Å²) in [5.41, 5.74) is 2.70. The average Bonchev–Trinajstić information content (AvgIpc) is 2.72. The van der Waals surface area contributed by atoms with Crippen molar-refractivity contribution >= 4 is 27.5 Å². The molecule has 2 rings (SSSR count). The Morgan fingerprint density at radius 3 is 2.72 bits per heavy atom. The number of aryl methyl sites for hydroxylation is 1. The fraction of sp³-hybridized carbons (Fsp3) is 0.385. The minimum absolute atomic E-state index is 0.216. The van der Waals surface area contributed by atoms with E-state index in [1.54, 1.807) is 0 Å². The van der Waals surface area contributed by atoms with Gasteiger partial charge in [0.15, 0.2) is 0 Å². The summed E-state index contributed by atoms with van der Waals surface area (Å²) in [5.74, 6) is -0.296. The molecular formula is C13H17BrN2O2. The van der Waals surface area contributed by atoms with Gasteiger partial charge in [-0.2, -0.15) is 0 Å². The molecule has 0 amide bonds. The molecule has 4 nitrogen and oxygen atoms in total. The van der Waals surface area contributed by atoms with Gasteiger partial charge in [0.1, 0.15) is 12.3 Å². The lowest BCUT2D eigenvalue weighted by atomic mass is 10.3. The monoisotopic (exact) mass is 312 g/mol. The van der Waals surface area contributed by atoms with E-state index in [1.165, 1.54) is 6.92 Å². The van der Waals surface area contributed by atoms with Crippen LogP contribution in [0.4, 0.5) is 0 Å². The molecule has 98 valence electrons. The van der Waals surface area contributed by atoms with E-state index < -0.39 is 0 Å². The van der Waals surface area contributed by atoms with E-state index in [2.05, 4.69) is 20.9 Å². The van der Waals surface area contributed by atoms with Gasteiger partial charge in [0, 0.05) is 23.8 Å². The fourth-order valence-corrected chi connectivity index (χ4v) is 2.09. The molecule has 2 aromatic heterocycles. The summed E-state index contributed by atoms with van der Waals surface area (Å²) in [5, 5.41) is 0. The lowest BCUT2D eigenvalue weighted by Gasteiger charge is -1.97. The van der Waals surface area contributed by atoms with E-state index in [0.717, 1.165) is 21.4 Å². The van der Waals surface area contributed by atoms with Crippen LogP contribution in [0.3, 0.4) is 0 Å². The maximum Gasteiger partial charge on any atom is 0.303 e. The molecule has 2 aromatic rings. The molecule has 0 unspecified atom stereocenters. The maximum atomic E-state index is 10.7. The van der Waals surface area contributed by atoms with Gasteiger partial charge in [0.05, 0.1) is 5.69 Å². The first kappa shape index (κ1) is 14.7. The summed E-state index contributed by atoms with van der Waals surface area (Å²) in [6.07, 6.45) is 3.78. The summed E-state index contributed by atoms with van der Waals surface area (Å²) in [6.45, 7) is 7.59. The molecular weight excluding hydrogens is 296 g/mol. The summed E-state index contributed by atoms with van der Waals surface area (Å²) >= 11 is 3.42. The van der Waals surface area contributed by atoms with Crippen LogP contribution >= 0.6 is 15.9 Å². The Morgan fingerprint density at radius 1 is 1.44 bits per heavy atom. The number of halogens is 1. The molecule has 0 aliphatic carbocycles. The van der Waals surface area contributed by atoms with E-state index in [0.29, 0.717) is 0 Å².